The topological polar surface area (TPSA) is 0 Å². The van der Waals surface area contributed by atoms with Crippen LogP contribution in [0.25, 0.3) is 0 Å². The van der Waals surface area contributed by atoms with E-state index in [1.54, 1.807) is 0 Å². The highest BCUT2D eigenvalue weighted by Gasteiger charge is 2.00. The molecular formula is C22H28. The van der Waals surface area contributed by atoms with Gasteiger partial charge in [-0.2, -0.15) is 0 Å². The van der Waals surface area contributed by atoms with Crippen molar-refractivity contribution in [2.75, 3.05) is 0 Å². The van der Waals surface area contributed by atoms with Gasteiger partial charge >= 0.3 is 0 Å². The molecule has 0 amide bonds. The zero-order valence-electron chi connectivity index (χ0n) is 14.7. The Labute approximate surface area is 137 Å². The van der Waals surface area contributed by atoms with Crippen LogP contribution in [-0.2, 0) is 6.42 Å². The van der Waals surface area contributed by atoms with Gasteiger partial charge in [0.1, 0.15) is 0 Å². The van der Waals surface area contributed by atoms with Gasteiger partial charge in [0.05, 0.1) is 0 Å². The Balaban J connectivity index is 0.00000211. The molecule has 0 bridgehead atoms. The molecule has 0 spiro atoms. The summed E-state index contributed by atoms with van der Waals surface area (Å²) < 4.78 is 0. The van der Waals surface area contributed by atoms with Crippen molar-refractivity contribution in [3.05, 3.63) is 83.5 Å². The summed E-state index contributed by atoms with van der Waals surface area (Å²) in [6.07, 6.45) is 6.80. The summed E-state index contributed by atoms with van der Waals surface area (Å²) in [5.74, 6) is 6.53. The fourth-order valence-corrected chi connectivity index (χ4v) is 1.96. The van der Waals surface area contributed by atoms with Gasteiger partial charge in [0.15, 0.2) is 0 Å². The first-order valence-electron chi connectivity index (χ1n) is 7.89. The average Bonchev–Trinajstić information content (AvgIpc) is 2.55. The first kappa shape index (κ1) is 19.7. The Morgan fingerprint density at radius 2 is 1.86 bits per heavy atom. The number of benzene rings is 1. The van der Waals surface area contributed by atoms with Crippen LogP contribution in [0.5, 0.6) is 0 Å². The van der Waals surface area contributed by atoms with E-state index < -0.39 is 0 Å². The van der Waals surface area contributed by atoms with Gasteiger partial charge < -0.3 is 0 Å². The lowest BCUT2D eigenvalue weighted by atomic mass is 10.0. The van der Waals surface area contributed by atoms with E-state index in [-0.39, 0.29) is 0 Å². The van der Waals surface area contributed by atoms with Crippen LogP contribution in [0.4, 0.5) is 0 Å². The van der Waals surface area contributed by atoms with E-state index in [1.807, 2.05) is 52.0 Å². The lowest BCUT2D eigenvalue weighted by molar-refractivity contribution is 1.13. The van der Waals surface area contributed by atoms with Crippen LogP contribution in [0, 0.1) is 11.8 Å². The largest absolute Gasteiger partial charge is 0.0984 e. The Kier molecular flexibility index (Phi) is 10.2. The summed E-state index contributed by atoms with van der Waals surface area (Å²) in [7, 11) is 0. The van der Waals surface area contributed by atoms with E-state index in [2.05, 4.69) is 50.1 Å². The van der Waals surface area contributed by atoms with Gasteiger partial charge in [-0.25, -0.2) is 0 Å². The molecule has 0 fully saturated rings. The van der Waals surface area contributed by atoms with Gasteiger partial charge in [0.25, 0.3) is 0 Å². The highest BCUT2D eigenvalue weighted by molar-refractivity contribution is 5.55. The first-order chi connectivity index (χ1) is 10.6. The summed E-state index contributed by atoms with van der Waals surface area (Å²) in [5, 5.41) is 0. The Morgan fingerprint density at radius 3 is 2.36 bits per heavy atom. The lowest BCUT2D eigenvalue weighted by Gasteiger charge is -2.03. The smallest absolute Gasteiger partial charge is 0.0320 e. The Hall–Kier alpha value is -2.26. The SMILES string of the molecule is C=C/C(C(=C)C)=C(C#Cc1ccccc1CC)/C=C\C.CC. The monoisotopic (exact) mass is 292 g/mol. The molecule has 1 rings (SSSR count). The van der Waals surface area contributed by atoms with Crippen molar-refractivity contribution in [1.82, 2.24) is 0 Å². The minimum atomic E-state index is 0.959. The third-order valence-corrected chi connectivity index (χ3v) is 3.02. The fourth-order valence-electron chi connectivity index (χ4n) is 1.96. The second-order valence-corrected chi connectivity index (χ2v) is 4.57. The van der Waals surface area contributed by atoms with Crippen molar-refractivity contribution < 1.29 is 0 Å². The van der Waals surface area contributed by atoms with Crippen molar-refractivity contribution >= 4 is 0 Å². The molecule has 22 heavy (non-hydrogen) atoms. The molecule has 0 N–H and O–H groups in total. The summed E-state index contributed by atoms with van der Waals surface area (Å²) in [6.45, 7) is 17.9. The number of hydrogen-bond acceptors (Lipinski definition) is 0. The van der Waals surface area contributed by atoms with Crippen LogP contribution >= 0.6 is 0 Å². The molecule has 0 aliphatic rings. The van der Waals surface area contributed by atoms with Gasteiger partial charge in [-0.1, -0.05) is 82.2 Å². The number of aryl methyl sites for hydroxylation is 1. The zero-order valence-corrected chi connectivity index (χ0v) is 14.7. The molecule has 0 aliphatic heterocycles. The summed E-state index contributed by atoms with van der Waals surface area (Å²) in [5.41, 5.74) is 5.30. The molecule has 0 heteroatoms. The Morgan fingerprint density at radius 1 is 1.23 bits per heavy atom. The summed E-state index contributed by atoms with van der Waals surface area (Å²) in [4.78, 5) is 0. The third kappa shape index (κ3) is 6.02. The highest BCUT2D eigenvalue weighted by Crippen LogP contribution is 2.15. The van der Waals surface area contributed by atoms with Gasteiger partial charge in [0.2, 0.25) is 0 Å². The van der Waals surface area contributed by atoms with Gasteiger partial charge in [-0.3, -0.25) is 0 Å². The molecule has 1 aromatic carbocycles. The fraction of sp³-hybridized carbons (Fsp3) is 0.273. The Bertz CT molecular complexity index is 613. The predicted octanol–water partition coefficient (Wildman–Crippen LogP) is 6.26. The number of rotatable bonds is 4. The van der Waals surface area contributed by atoms with Crippen molar-refractivity contribution in [3.8, 4) is 11.8 Å². The van der Waals surface area contributed by atoms with Gasteiger partial charge in [-0.05, 0) is 43.0 Å². The van der Waals surface area contributed by atoms with Crippen LogP contribution in [-0.4, -0.2) is 0 Å². The lowest BCUT2D eigenvalue weighted by Crippen LogP contribution is -1.88. The molecule has 0 unspecified atom stereocenters. The van der Waals surface area contributed by atoms with E-state index in [9.17, 15) is 0 Å². The van der Waals surface area contributed by atoms with E-state index in [1.165, 1.54) is 5.56 Å². The quantitative estimate of drug-likeness (QED) is 0.454. The van der Waals surface area contributed by atoms with E-state index in [0.29, 0.717) is 0 Å². The molecule has 0 heterocycles. The van der Waals surface area contributed by atoms with E-state index in [0.717, 1.165) is 28.7 Å². The molecule has 0 aliphatic carbocycles. The molecule has 0 nitrogen and oxygen atoms in total. The molecule has 116 valence electrons. The average molecular weight is 292 g/mol. The predicted molar refractivity (Wildman–Crippen MR) is 101 cm³/mol. The van der Waals surface area contributed by atoms with Crippen molar-refractivity contribution in [2.45, 2.75) is 41.0 Å². The van der Waals surface area contributed by atoms with Crippen LogP contribution in [0.2, 0.25) is 0 Å². The molecule has 0 aromatic heterocycles. The summed E-state index contributed by atoms with van der Waals surface area (Å²) in [6, 6.07) is 8.26. The second-order valence-electron chi connectivity index (χ2n) is 4.57. The summed E-state index contributed by atoms with van der Waals surface area (Å²) >= 11 is 0. The molecular weight excluding hydrogens is 264 g/mol. The van der Waals surface area contributed by atoms with Crippen LogP contribution in [0.1, 0.15) is 45.7 Å². The van der Waals surface area contributed by atoms with Crippen LogP contribution in [0.3, 0.4) is 0 Å². The molecule has 0 saturated heterocycles. The molecule has 1 aromatic rings. The maximum atomic E-state index is 3.99. The third-order valence-electron chi connectivity index (χ3n) is 3.02. The zero-order chi connectivity index (χ0) is 17.0. The molecule has 0 saturated carbocycles. The van der Waals surface area contributed by atoms with Gasteiger partial charge in [0, 0.05) is 11.1 Å². The first-order valence-corrected chi connectivity index (χ1v) is 7.89. The van der Waals surface area contributed by atoms with E-state index in [4.69, 9.17) is 0 Å². The normalized spacial score (nSPS) is 10.8. The van der Waals surface area contributed by atoms with Crippen molar-refractivity contribution in [3.63, 3.8) is 0 Å². The molecule has 0 radical (unpaired) electrons. The van der Waals surface area contributed by atoms with Crippen molar-refractivity contribution in [1.29, 1.82) is 0 Å². The number of hydrogen-bond donors (Lipinski definition) is 0. The maximum absolute atomic E-state index is 3.99. The minimum Gasteiger partial charge on any atom is -0.0984 e. The van der Waals surface area contributed by atoms with E-state index >= 15 is 0 Å². The maximum Gasteiger partial charge on any atom is 0.0320 e. The standard InChI is InChI=1S/C20H22.C2H6/c1-6-11-19(20(8-3)16(4)5)15-14-18-13-10-9-12-17(18)7-2;1-2/h6,8-13H,3-4,7H2,1-2,5H3;1-2H3/b11-6-,20-19+;. The van der Waals surface area contributed by atoms with Crippen LogP contribution < -0.4 is 0 Å². The number of allylic oxidation sites excluding steroid dienone is 6. The highest BCUT2D eigenvalue weighted by atomic mass is 14.0. The van der Waals surface area contributed by atoms with Gasteiger partial charge in [-0.15, -0.1) is 0 Å². The second kappa shape index (κ2) is 11.4. The minimum absolute atomic E-state index is 0.959. The van der Waals surface area contributed by atoms with Crippen molar-refractivity contribution in [2.24, 2.45) is 0 Å². The van der Waals surface area contributed by atoms with Crippen LogP contribution in [0.15, 0.2) is 72.4 Å². The molecule has 0 atom stereocenters.